The van der Waals surface area contributed by atoms with Gasteiger partial charge in [-0.2, -0.15) is 0 Å². The molecule has 0 bridgehead atoms. The van der Waals surface area contributed by atoms with Crippen LogP contribution in [-0.2, 0) is 5.41 Å². The summed E-state index contributed by atoms with van der Waals surface area (Å²) in [7, 11) is 0. The fraction of sp³-hybridized carbons (Fsp3) is 0.0227. The highest BCUT2D eigenvalue weighted by molar-refractivity contribution is 5.99. The SMILES string of the molecule is c1ccc(-c2nc(-c3ccc4ccccc4c3)nc(-c3cccc4c3-c3ccccc3C43c4ccccc4-c4ccccc43)n2)cc1. The lowest BCUT2D eigenvalue weighted by atomic mass is 9.70. The maximum absolute atomic E-state index is 5.24. The largest absolute Gasteiger partial charge is 0.208 e. The lowest BCUT2D eigenvalue weighted by Crippen LogP contribution is -2.25. The van der Waals surface area contributed by atoms with Crippen molar-refractivity contribution in [3.05, 3.63) is 186 Å². The van der Waals surface area contributed by atoms with Crippen LogP contribution in [-0.4, -0.2) is 15.0 Å². The number of aromatic nitrogens is 3. The highest BCUT2D eigenvalue weighted by Gasteiger charge is 2.52. The van der Waals surface area contributed by atoms with Gasteiger partial charge in [0.25, 0.3) is 0 Å². The molecule has 8 aromatic rings. The number of hydrogen-bond donors (Lipinski definition) is 0. The molecule has 1 heterocycles. The fourth-order valence-corrected chi connectivity index (χ4v) is 8.00. The van der Waals surface area contributed by atoms with E-state index < -0.39 is 5.41 Å². The van der Waals surface area contributed by atoms with Gasteiger partial charge in [0.05, 0.1) is 5.41 Å². The summed E-state index contributed by atoms with van der Waals surface area (Å²) < 4.78 is 0. The summed E-state index contributed by atoms with van der Waals surface area (Å²) in [4.78, 5) is 15.5. The third-order valence-corrected chi connectivity index (χ3v) is 9.94. The molecule has 10 rings (SSSR count). The predicted octanol–water partition coefficient (Wildman–Crippen LogP) is 10.4. The number of rotatable bonds is 3. The maximum Gasteiger partial charge on any atom is 0.164 e. The Morgan fingerprint density at radius 1 is 0.319 bits per heavy atom. The second kappa shape index (κ2) is 9.90. The molecule has 3 nitrogen and oxygen atoms in total. The minimum Gasteiger partial charge on any atom is -0.208 e. The third-order valence-electron chi connectivity index (χ3n) is 9.94. The molecular weight excluding hydrogens is 571 g/mol. The van der Waals surface area contributed by atoms with E-state index >= 15 is 0 Å². The van der Waals surface area contributed by atoms with Crippen LogP contribution in [0.15, 0.2) is 164 Å². The predicted molar refractivity (Wildman–Crippen MR) is 190 cm³/mol. The zero-order valence-corrected chi connectivity index (χ0v) is 25.4. The Kier molecular flexibility index (Phi) is 5.49. The molecule has 2 aliphatic rings. The summed E-state index contributed by atoms with van der Waals surface area (Å²) in [6, 6.07) is 58.4. The van der Waals surface area contributed by atoms with Crippen molar-refractivity contribution in [2.75, 3.05) is 0 Å². The first-order valence-corrected chi connectivity index (χ1v) is 16.0. The van der Waals surface area contributed by atoms with Crippen molar-refractivity contribution in [1.82, 2.24) is 15.0 Å². The molecule has 0 atom stereocenters. The van der Waals surface area contributed by atoms with Gasteiger partial charge in [-0.15, -0.1) is 0 Å². The van der Waals surface area contributed by atoms with Crippen molar-refractivity contribution in [3.8, 4) is 56.4 Å². The van der Waals surface area contributed by atoms with Crippen molar-refractivity contribution < 1.29 is 0 Å². The number of nitrogens with zero attached hydrogens (tertiary/aromatic N) is 3. The van der Waals surface area contributed by atoms with Crippen molar-refractivity contribution >= 4 is 10.8 Å². The minimum atomic E-state index is -0.425. The van der Waals surface area contributed by atoms with Crippen LogP contribution in [0.4, 0.5) is 0 Å². The monoisotopic (exact) mass is 597 g/mol. The van der Waals surface area contributed by atoms with Gasteiger partial charge in [0, 0.05) is 16.7 Å². The van der Waals surface area contributed by atoms with Crippen LogP contribution in [0.5, 0.6) is 0 Å². The molecule has 7 aromatic carbocycles. The maximum atomic E-state index is 5.24. The molecule has 0 saturated heterocycles. The molecule has 0 aliphatic heterocycles. The molecule has 0 amide bonds. The number of fused-ring (bicyclic) bond motifs is 11. The van der Waals surface area contributed by atoms with E-state index in [9.17, 15) is 0 Å². The fourth-order valence-electron chi connectivity index (χ4n) is 8.00. The van der Waals surface area contributed by atoms with Crippen LogP contribution in [0, 0.1) is 0 Å². The number of hydrogen-bond acceptors (Lipinski definition) is 3. The molecule has 0 radical (unpaired) electrons. The summed E-state index contributed by atoms with van der Waals surface area (Å²) in [6.45, 7) is 0. The summed E-state index contributed by atoms with van der Waals surface area (Å²) in [6.07, 6.45) is 0. The van der Waals surface area contributed by atoms with Crippen molar-refractivity contribution in [2.24, 2.45) is 0 Å². The quantitative estimate of drug-likeness (QED) is 0.203. The van der Waals surface area contributed by atoms with E-state index in [4.69, 9.17) is 15.0 Å². The topological polar surface area (TPSA) is 38.7 Å². The Morgan fingerprint density at radius 2 is 0.830 bits per heavy atom. The highest BCUT2D eigenvalue weighted by Crippen LogP contribution is 2.63. The van der Waals surface area contributed by atoms with Crippen LogP contribution < -0.4 is 0 Å². The van der Waals surface area contributed by atoms with Crippen molar-refractivity contribution in [1.29, 1.82) is 0 Å². The van der Waals surface area contributed by atoms with Crippen molar-refractivity contribution in [3.63, 3.8) is 0 Å². The van der Waals surface area contributed by atoms with Crippen LogP contribution in [0.1, 0.15) is 22.3 Å². The minimum absolute atomic E-state index is 0.425. The van der Waals surface area contributed by atoms with E-state index in [2.05, 4.69) is 146 Å². The molecule has 1 aromatic heterocycles. The zero-order chi connectivity index (χ0) is 31.0. The van der Waals surface area contributed by atoms with Crippen LogP contribution in [0.25, 0.3) is 67.2 Å². The average molecular weight is 598 g/mol. The third kappa shape index (κ3) is 3.65. The molecule has 0 fully saturated rings. The molecule has 3 heteroatoms. The van der Waals surface area contributed by atoms with Gasteiger partial charge < -0.3 is 0 Å². The normalized spacial score (nSPS) is 13.3. The van der Waals surface area contributed by atoms with Crippen LogP contribution in [0.2, 0.25) is 0 Å². The molecule has 2 aliphatic carbocycles. The summed E-state index contributed by atoms with van der Waals surface area (Å²) in [5.74, 6) is 1.99. The van der Waals surface area contributed by atoms with Gasteiger partial charge in [0.15, 0.2) is 17.5 Å². The molecule has 1 spiro atoms. The first-order chi connectivity index (χ1) is 23.3. The summed E-state index contributed by atoms with van der Waals surface area (Å²) in [5, 5.41) is 2.34. The van der Waals surface area contributed by atoms with E-state index in [0.717, 1.165) is 22.1 Å². The standard InChI is InChI=1S/C44H27N3/c1-2-14-29(15-3-1)41-45-42(31-26-25-28-13-4-5-16-30(28)27-31)47-43(46-41)35-20-12-24-39-40(35)34-19-8-11-23-38(34)44(39)36-21-9-6-17-32(36)33-18-7-10-22-37(33)44/h1-27H. The van der Waals surface area contributed by atoms with E-state index in [1.807, 2.05) is 18.2 Å². The Labute approximate surface area is 272 Å². The first kappa shape index (κ1) is 26.1. The lowest BCUT2D eigenvalue weighted by Gasteiger charge is -2.30. The summed E-state index contributed by atoms with van der Waals surface area (Å²) >= 11 is 0. The molecule has 0 unspecified atom stereocenters. The van der Waals surface area contributed by atoms with Crippen LogP contribution in [0.3, 0.4) is 0 Å². The Morgan fingerprint density at radius 3 is 1.55 bits per heavy atom. The lowest BCUT2D eigenvalue weighted by molar-refractivity contribution is 0.794. The Hall–Kier alpha value is -6.19. The van der Waals surface area contributed by atoms with Gasteiger partial charge in [-0.05, 0) is 61.3 Å². The molecule has 47 heavy (non-hydrogen) atoms. The van der Waals surface area contributed by atoms with E-state index in [1.165, 1.54) is 49.9 Å². The zero-order valence-electron chi connectivity index (χ0n) is 25.4. The van der Waals surface area contributed by atoms with E-state index in [-0.39, 0.29) is 0 Å². The van der Waals surface area contributed by atoms with Crippen molar-refractivity contribution in [2.45, 2.75) is 5.41 Å². The van der Waals surface area contributed by atoms with Gasteiger partial charge in [-0.1, -0.05) is 158 Å². The Bertz CT molecular complexity index is 2490. The molecule has 0 N–H and O–H groups in total. The molecule has 218 valence electrons. The van der Waals surface area contributed by atoms with E-state index in [1.54, 1.807) is 0 Å². The first-order valence-electron chi connectivity index (χ1n) is 16.0. The second-order valence-corrected chi connectivity index (χ2v) is 12.3. The second-order valence-electron chi connectivity index (χ2n) is 12.3. The van der Waals surface area contributed by atoms with E-state index in [0.29, 0.717) is 17.5 Å². The Balaban J connectivity index is 1.27. The average Bonchev–Trinajstić information content (AvgIpc) is 3.62. The molecule has 0 saturated carbocycles. The molecular formula is C44H27N3. The number of benzene rings is 7. The van der Waals surface area contributed by atoms with Crippen LogP contribution >= 0.6 is 0 Å². The highest BCUT2D eigenvalue weighted by atomic mass is 15.0. The van der Waals surface area contributed by atoms with Gasteiger partial charge in [0.1, 0.15) is 0 Å². The summed E-state index contributed by atoms with van der Waals surface area (Å²) in [5.41, 5.74) is 12.7. The van der Waals surface area contributed by atoms with Gasteiger partial charge in [-0.25, -0.2) is 15.0 Å². The van der Waals surface area contributed by atoms with Gasteiger partial charge in [0.2, 0.25) is 0 Å². The van der Waals surface area contributed by atoms with Gasteiger partial charge in [-0.3, -0.25) is 0 Å². The smallest absolute Gasteiger partial charge is 0.164 e. The van der Waals surface area contributed by atoms with Gasteiger partial charge >= 0.3 is 0 Å².